The van der Waals surface area contributed by atoms with Crippen molar-refractivity contribution in [1.82, 2.24) is 5.32 Å². The molecule has 3 nitrogen and oxygen atoms in total. The average Bonchev–Trinajstić information content (AvgIpc) is 1.83. The normalized spacial score (nSPS) is 12.8. The molecule has 0 aromatic rings. The highest BCUT2D eigenvalue weighted by atomic mass is 16.3. The maximum Gasteiger partial charge on any atom is 0.219 e. The molecule has 0 saturated heterocycles. The molecule has 1 atom stereocenters. The van der Waals surface area contributed by atoms with Crippen LogP contribution in [0.4, 0.5) is 0 Å². The van der Waals surface area contributed by atoms with Crippen molar-refractivity contribution in [3.05, 3.63) is 0 Å². The number of amides is 1. The fraction of sp³-hybridized carbons (Fsp3) is 0.833. The second-order valence-electron chi connectivity index (χ2n) is 2.06. The van der Waals surface area contributed by atoms with E-state index in [0.717, 1.165) is 0 Å². The molecule has 0 aliphatic heterocycles. The quantitative estimate of drug-likeness (QED) is 0.561. The highest BCUT2D eigenvalue weighted by Gasteiger charge is 1.99. The maximum atomic E-state index is 10.5. The van der Waals surface area contributed by atoms with Crippen LogP contribution in [0.15, 0.2) is 0 Å². The van der Waals surface area contributed by atoms with Gasteiger partial charge in [0.25, 0.3) is 0 Å². The smallest absolute Gasteiger partial charge is 0.219 e. The number of carbonyl (C=O) groups is 1. The Hall–Kier alpha value is -0.570. The average molecular weight is 131 g/mol. The Balaban J connectivity index is 3.17. The highest BCUT2D eigenvalue weighted by molar-refractivity contribution is 5.75. The molecule has 54 valence electrons. The van der Waals surface area contributed by atoms with Crippen LogP contribution in [0.2, 0.25) is 0 Å². The fourth-order valence-corrected chi connectivity index (χ4v) is 0.465. The molecule has 0 spiro atoms. The Kier molecular flexibility index (Phi) is 4.05. The van der Waals surface area contributed by atoms with E-state index < -0.39 is 0 Å². The van der Waals surface area contributed by atoms with Gasteiger partial charge >= 0.3 is 0 Å². The molecule has 0 aromatic carbocycles. The van der Waals surface area contributed by atoms with Crippen molar-refractivity contribution in [3.63, 3.8) is 0 Å². The SMILES string of the molecule is CNC(=O)CC[C@H](C)O. The molecular formula is C6H13NO2. The van der Waals surface area contributed by atoms with Crippen molar-refractivity contribution in [1.29, 1.82) is 0 Å². The summed E-state index contributed by atoms with van der Waals surface area (Å²) in [5, 5.41) is 11.2. The molecule has 0 radical (unpaired) electrons. The summed E-state index contributed by atoms with van der Waals surface area (Å²) in [6, 6.07) is 0. The summed E-state index contributed by atoms with van der Waals surface area (Å²) >= 11 is 0. The largest absolute Gasteiger partial charge is 0.393 e. The monoisotopic (exact) mass is 131 g/mol. The zero-order valence-electron chi connectivity index (χ0n) is 5.85. The van der Waals surface area contributed by atoms with Crippen LogP contribution >= 0.6 is 0 Å². The summed E-state index contributed by atoms with van der Waals surface area (Å²) in [5.41, 5.74) is 0. The third-order valence-electron chi connectivity index (χ3n) is 1.07. The third kappa shape index (κ3) is 5.30. The van der Waals surface area contributed by atoms with Gasteiger partial charge in [0, 0.05) is 13.5 Å². The van der Waals surface area contributed by atoms with E-state index in [1.165, 1.54) is 0 Å². The standard InChI is InChI=1S/C6H13NO2/c1-5(8)3-4-6(9)7-2/h5,8H,3-4H2,1-2H3,(H,7,9)/t5-/m0/s1. The van der Waals surface area contributed by atoms with Crippen LogP contribution in [0.1, 0.15) is 19.8 Å². The first-order valence-corrected chi connectivity index (χ1v) is 3.05. The molecule has 9 heavy (non-hydrogen) atoms. The second-order valence-corrected chi connectivity index (χ2v) is 2.06. The van der Waals surface area contributed by atoms with Gasteiger partial charge in [-0.25, -0.2) is 0 Å². The molecule has 0 rings (SSSR count). The first-order chi connectivity index (χ1) is 4.16. The lowest BCUT2D eigenvalue weighted by atomic mass is 10.2. The number of aliphatic hydroxyl groups is 1. The van der Waals surface area contributed by atoms with E-state index in [-0.39, 0.29) is 12.0 Å². The van der Waals surface area contributed by atoms with Crippen LogP contribution < -0.4 is 5.32 Å². The van der Waals surface area contributed by atoms with Crippen molar-refractivity contribution >= 4 is 5.91 Å². The van der Waals surface area contributed by atoms with Crippen molar-refractivity contribution in [2.45, 2.75) is 25.9 Å². The minimum Gasteiger partial charge on any atom is -0.393 e. The number of aliphatic hydroxyl groups excluding tert-OH is 1. The molecule has 2 N–H and O–H groups in total. The van der Waals surface area contributed by atoms with E-state index in [1.807, 2.05) is 0 Å². The molecule has 0 saturated carbocycles. The highest BCUT2D eigenvalue weighted by Crippen LogP contribution is 1.93. The van der Waals surface area contributed by atoms with Gasteiger partial charge < -0.3 is 10.4 Å². The Bertz CT molecular complexity index is 91.1. The van der Waals surface area contributed by atoms with E-state index >= 15 is 0 Å². The van der Waals surface area contributed by atoms with E-state index in [2.05, 4.69) is 5.32 Å². The van der Waals surface area contributed by atoms with Crippen molar-refractivity contribution in [3.8, 4) is 0 Å². The van der Waals surface area contributed by atoms with Gasteiger partial charge in [-0.3, -0.25) is 4.79 Å². The maximum absolute atomic E-state index is 10.5. The Morgan fingerprint density at radius 2 is 2.33 bits per heavy atom. The van der Waals surface area contributed by atoms with E-state index in [1.54, 1.807) is 14.0 Å². The van der Waals surface area contributed by atoms with Crippen molar-refractivity contribution < 1.29 is 9.90 Å². The molecule has 0 bridgehead atoms. The molecular weight excluding hydrogens is 118 g/mol. The van der Waals surface area contributed by atoms with Gasteiger partial charge in [-0.05, 0) is 13.3 Å². The van der Waals surface area contributed by atoms with Crippen LogP contribution in [0.25, 0.3) is 0 Å². The minimum absolute atomic E-state index is 0.0177. The predicted molar refractivity (Wildman–Crippen MR) is 35.0 cm³/mol. The zero-order chi connectivity index (χ0) is 7.28. The van der Waals surface area contributed by atoms with Crippen molar-refractivity contribution in [2.24, 2.45) is 0 Å². The fourth-order valence-electron chi connectivity index (χ4n) is 0.465. The molecule has 0 heterocycles. The molecule has 0 aromatic heterocycles. The Labute approximate surface area is 55.1 Å². The zero-order valence-corrected chi connectivity index (χ0v) is 5.85. The second kappa shape index (κ2) is 4.32. The lowest BCUT2D eigenvalue weighted by Gasteiger charge is -2.00. The van der Waals surface area contributed by atoms with E-state index in [4.69, 9.17) is 5.11 Å². The summed E-state index contributed by atoms with van der Waals surface area (Å²) in [5.74, 6) is -0.0177. The number of hydrogen-bond donors (Lipinski definition) is 2. The summed E-state index contributed by atoms with van der Waals surface area (Å²) in [4.78, 5) is 10.5. The van der Waals surface area contributed by atoms with Gasteiger partial charge in [-0.15, -0.1) is 0 Å². The van der Waals surface area contributed by atoms with Crippen LogP contribution in [0.3, 0.4) is 0 Å². The number of nitrogens with one attached hydrogen (secondary N) is 1. The van der Waals surface area contributed by atoms with Crippen molar-refractivity contribution in [2.75, 3.05) is 7.05 Å². The van der Waals surface area contributed by atoms with Crippen LogP contribution in [0, 0.1) is 0 Å². The van der Waals surface area contributed by atoms with E-state index in [0.29, 0.717) is 12.8 Å². The van der Waals surface area contributed by atoms with Crippen LogP contribution in [0.5, 0.6) is 0 Å². The summed E-state index contributed by atoms with van der Waals surface area (Å²) < 4.78 is 0. The topological polar surface area (TPSA) is 49.3 Å². The van der Waals surface area contributed by atoms with Gasteiger partial charge in [0.2, 0.25) is 5.91 Å². The minimum atomic E-state index is -0.373. The first-order valence-electron chi connectivity index (χ1n) is 3.05. The number of hydrogen-bond acceptors (Lipinski definition) is 2. The molecule has 0 unspecified atom stereocenters. The lowest BCUT2D eigenvalue weighted by molar-refractivity contribution is -0.121. The van der Waals surface area contributed by atoms with Crippen LogP contribution in [-0.2, 0) is 4.79 Å². The lowest BCUT2D eigenvalue weighted by Crippen LogP contribution is -2.18. The summed E-state index contributed by atoms with van der Waals surface area (Å²) in [7, 11) is 1.59. The molecule has 3 heteroatoms. The predicted octanol–water partition coefficient (Wildman–Crippen LogP) is -0.107. The van der Waals surface area contributed by atoms with E-state index in [9.17, 15) is 4.79 Å². The first kappa shape index (κ1) is 8.43. The number of carbonyl (C=O) groups excluding carboxylic acids is 1. The van der Waals surface area contributed by atoms with Gasteiger partial charge in [0.15, 0.2) is 0 Å². The molecule has 0 aliphatic rings. The van der Waals surface area contributed by atoms with Gasteiger partial charge in [-0.1, -0.05) is 0 Å². The number of rotatable bonds is 3. The summed E-state index contributed by atoms with van der Waals surface area (Å²) in [6.07, 6.45) is 0.579. The third-order valence-corrected chi connectivity index (χ3v) is 1.07. The molecule has 0 aliphatic carbocycles. The van der Waals surface area contributed by atoms with Crippen LogP contribution in [-0.4, -0.2) is 24.2 Å². The van der Waals surface area contributed by atoms with Gasteiger partial charge in [-0.2, -0.15) is 0 Å². The Morgan fingerprint density at radius 3 is 2.67 bits per heavy atom. The van der Waals surface area contributed by atoms with Gasteiger partial charge in [0.05, 0.1) is 6.10 Å². The Morgan fingerprint density at radius 1 is 1.78 bits per heavy atom. The summed E-state index contributed by atoms with van der Waals surface area (Å²) in [6.45, 7) is 1.67. The molecule has 1 amide bonds. The molecule has 0 fully saturated rings. The van der Waals surface area contributed by atoms with Gasteiger partial charge in [0.1, 0.15) is 0 Å².